The fourth-order valence-corrected chi connectivity index (χ4v) is 3.98. The minimum absolute atomic E-state index is 0.550. The van der Waals surface area contributed by atoms with Crippen molar-refractivity contribution in [2.45, 2.75) is 44.9 Å². The van der Waals surface area contributed by atoms with Crippen LogP contribution in [0.25, 0.3) is 0 Å². The van der Waals surface area contributed by atoms with Crippen LogP contribution >= 0.6 is 0 Å². The summed E-state index contributed by atoms with van der Waals surface area (Å²) in [6.45, 7) is 7.62. The minimum Gasteiger partial charge on any atom is -0.319 e. The maximum Gasteiger partial charge on any atom is 0.0109 e. The third-order valence-electron chi connectivity index (χ3n) is 5.09. The van der Waals surface area contributed by atoms with Crippen molar-refractivity contribution in [3.63, 3.8) is 0 Å². The third kappa shape index (κ3) is 4.73. The van der Waals surface area contributed by atoms with Crippen LogP contribution in [0.5, 0.6) is 0 Å². The molecule has 2 fully saturated rings. The molecule has 1 aliphatic carbocycles. The summed E-state index contributed by atoms with van der Waals surface area (Å²) in [5, 5.41) is 3.48. The first kappa shape index (κ1) is 15.3. The first-order chi connectivity index (χ1) is 9.24. The highest BCUT2D eigenvalue weighted by atomic mass is 15.2. The van der Waals surface area contributed by atoms with E-state index in [9.17, 15) is 0 Å². The highest BCUT2D eigenvalue weighted by Gasteiger charge is 2.32. The molecule has 0 atom stereocenters. The molecule has 1 saturated heterocycles. The smallest absolute Gasteiger partial charge is 0.0109 e. The van der Waals surface area contributed by atoms with Crippen LogP contribution in [0.15, 0.2) is 0 Å². The van der Waals surface area contributed by atoms with E-state index >= 15 is 0 Å². The van der Waals surface area contributed by atoms with Crippen molar-refractivity contribution >= 4 is 0 Å². The van der Waals surface area contributed by atoms with Crippen LogP contribution in [0.4, 0.5) is 0 Å². The lowest BCUT2D eigenvalue weighted by Crippen LogP contribution is -2.44. The van der Waals surface area contributed by atoms with E-state index < -0.39 is 0 Å². The molecule has 0 amide bonds. The predicted molar refractivity (Wildman–Crippen MR) is 82.6 cm³/mol. The van der Waals surface area contributed by atoms with Gasteiger partial charge >= 0.3 is 0 Å². The van der Waals surface area contributed by atoms with Crippen LogP contribution in [-0.4, -0.2) is 63.2 Å². The number of likely N-dealkylation sites (N-methyl/N-ethyl adjacent to an activating group) is 1. The van der Waals surface area contributed by atoms with Gasteiger partial charge < -0.3 is 15.1 Å². The molecular formula is C16H33N3. The third-order valence-corrected chi connectivity index (χ3v) is 5.09. The van der Waals surface area contributed by atoms with Crippen molar-refractivity contribution in [2.24, 2.45) is 5.41 Å². The lowest BCUT2D eigenvalue weighted by atomic mass is 9.79. The number of nitrogens with zero attached hydrogens (tertiary/aromatic N) is 2. The Morgan fingerprint density at radius 1 is 0.895 bits per heavy atom. The van der Waals surface area contributed by atoms with Crippen LogP contribution in [0.2, 0.25) is 0 Å². The average molecular weight is 267 g/mol. The van der Waals surface area contributed by atoms with Gasteiger partial charge in [0.1, 0.15) is 0 Å². The lowest BCUT2D eigenvalue weighted by Gasteiger charge is -2.38. The fourth-order valence-electron chi connectivity index (χ4n) is 3.98. The number of nitrogens with one attached hydrogen (secondary N) is 1. The topological polar surface area (TPSA) is 18.5 Å². The van der Waals surface area contributed by atoms with E-state index in [4.69, 9.17) is 0 Å². The second kappa shape index (κ2) is 7.61. The molecule has 3 heteroatoms. The van der Waals surface area contributed by atoms with E-state index in [1.807, 2.05) is 0 Å². The van der Waals surface area contributed by atoms with Crippen molar-refractivity contribution in [3.05, 3.63) is 0 Å². The van der Waals surface area contributed by atoms with Crippen LogP contribution in [0.3, 0.4) is 0 Å². The van der Waals surface area contributed by atoms with Crippen molar-refractivity contribution in [3.8, 4) is 0 Å². The Bertz CT molecular complexity index is 246. The van der Waals surface area contributed by atoms with E-state index in [0.717, 1.165) is 0 Å². The Morgan fingerprint density at radius 2 is 1.63 bits per heavy atom. The molecule has 1 saturated carbocycles. The van der Waals surface area contributed by atoms with E-state index in [2.05, 4.69) is 29.2 Å². The summed E-state index contributed by atoms with van der Waals surface area (Å²) >= 11 is 0. The quantitative estimate of drug-likeness (QED) is 0.788. The molecule has 0 aromatic carbocycles. The number of hydrogen-bond acceptors (Lipinski definition) is 3. The van der Waals surface area contributed by atoms with Crippen molar-refractivity contribution < 1.29 is 0 Å². The molecule has 112 valence electrons. The molecule has 0 bridgehead atoms. The minimum atomic E-state index is 0.550. The Hall–Kier alpha value is -0.120. The van der Waals surface area contributed by atoms with Gasteiger partial charge in [-0.2, -0.15) is 0 Å². The molecule has 19 heavy (non-hydrogen) atoms. The van der Waals surface area contributed by atoms with Gasteiger partial charge in [-0.15, -0.1) is 0 Å². The molecule has 0 radical (unpaired) electrons. The highest BCUT2D eigenvalue weighted by molar-refractivity contribution is 4.87. The van der Waals surface area contributed by atoms with E-state index in [0.29, 0.717) is 5.41 Å². The Balaban J connectivity index is 1.94. The zero-order valence-corrected chi connectivity index (χ0v) is 13.1. The van der Waals surface area contributed by atoms with Crippen LogP contribution in [-0.2, 0) is 0 Å². The maximum atomic E-state index is 3.48. The summed E-state index contributed by atoms with van der Waals surface area (Å²) in [5.74, 6) is 0. The van der Waals surface area contributed by atoms with Gasteiger partial charge in [0.15, 0.2) is 0 Å². The monoisotopic (exact) mass is 267 g/mol. The molecule has 1 heterocycles. The lowest BCUT2D eigenvalue weighted by molar-refractivity contribution is 0.132. The van der Waals surface area contributed by atoms with Crippen molar-refractivity contribution in [1.82, 2.24) is 15.1 Å². The molecule has 0 unspecified atom stereocenters. The van der Waals surface area contributed by atoms with Gasteiger partial charge in [-0.3, -0.25) is 0 Å². The molecule has 2 aliphatic rings. The zero-order chi connectivity index (χ0) is 13.6. The van der Waals surface area contributed by atoms with Gasteiger partial charge in [0.05, 0.1) is 0 Å². The van der Waals surface area contributed by atoms with Crippen LogP contribution < -0.4 is 5.32 Å². The molecule has 0 aromatic heterocycles. The molecule has 2 rings (SSSR count). The Morgan fingerprint density at radius 3 is 2.32 bits per heavy atom. The zero-order valence-electron chi connectivity index (χ0n) is 13.1. The second-order valence-corrected chi connectivity index (χ2v) is 6.88. The summed E-state index contributed by atoms with van der Waals surface area (Å²) in [6.07, 6.45) is 9.99. The summed E-state index contributed by atoms with van der Waals surface area (Å²) in [7, 11) is 4.39. The highest BCUT2D eigenvalue weighted by Crippen LogP contribution is 2.35. The fraction of sp³-hybridized carbons (Fsp3) is 1.00. The Labute approximate surface area is 119 Å². The standard InChI is InChI=1S/C16H33N3/c1-17-14-16(8-5-3-4-6-9-16)15-19-11-7-10-18(2)12-13-19/h17H,3-15H2,1-2H3. The summed E-state index contributed by atoms with van der Waals surface area (Å²) < 4.78 is 0. The van der Waals surface area contributed by atoms with Gasteiger partial charge in [0, 0.05) is 26.2 Å². The van der Waals surface area contributed by atoms with E-state index in [1.54, 1.807) is 0 Å². The molecular weight excluding hydrogens is 234 g/mol. The average Bonchev–Trinajstić information content (AvgIpc) is 2.72. The van der Waals surface area contributed by atoms with Gasteiger partial charge in [-0.05, 0) is 51.9 Å². The molecule has 1 N–H and O–H groups in total. The molecule has 3 nitrogen and oxygen atoms in total. The first-order valence-corrected chi connectivity index (χ1v) is 8.30. The summed E-state index contributed by atoms with van der Waals surface area (Å²) in [5.41, 5.74) is 0.550. The molecule has 0 aromatic rings. The van der Waals surface area contributed by atoms with E-state index in [1.165, 1.54) is 84.2 Å². The van der Waals surface area contributed by atoms with Crippen molar-refractivity contribution in [1.29, 1.82) is 0 Å². The molecule has 1 aliphatic heterocycles. The van der Waals surface area contributed by atoms with Crippen LogP contribution in [0, 0.1) is 5.41 Å². The number of hydrogen-bond donors (Lipinski definition) is 1. The maximum absolute atomic E-state index is 3.48. The van der Waals surface area contributed by atoms with E-state index in [-0.39, 0.29) is 0 Å². The number of rotatable bonds is 4. The van der Waals surface area contributed by atoms with Gasteiger partial charge in [-0.1, -0.05) is 25.7 Å². The van der Waals surface area contributed by atoms with Gasteiger partial charge in [0.2, 0.25) is 0 Å². The van der Waals surface area contributed by atoms with Crippen molar-refractivity contribution in [2.75, 3.05) is 53.4 Å². The summed E-state index contributed by atoms with van der Waals surface area (Å²) in [6, 6.07) is 0. The first-order valence-electron chi connectivity index (χ1n) is 8.30. The predicted octanol–water partition coefficient (Wildman–Crippen LogP) is 2.18. The largest absolute Gasteiger partial charge is 0.319 e. The van der Waals surface area contributed by atoms with Crippen LogP contribution in [0.1, 0.15) is 44.9 Å². The summed E-state index contributed by atoms with van der Waals surface area (Å²) in [4.78, 5) is 5.23. The van der Waals surface area contributed by atoms with Gasteiger partial charge in [-0.25, -0.2) is 0 Å². The SMILES string of the molecule is CNCC1(CN2CCCN(C)CC2)CCCCCC1. The second-order valence-electron chi connectivity index (χ2n) is 6.88. The van der Waals surface area contributed by atoms with Gasteiger partial charge in [0.25, 0.3) is 0 Å². The molecule has 0 spiro atoms. The normalized spacial score (nSPS) is 26.8. The Kier molecular flexibility index (Phi) is 6.11.